The molecule has 2 aromatic carbocycles. The smallest absolute Gasteiger partial charge is 0.175 e. The third-order valence-electron chi connectivity index (χ3n) is 5.20. The molecule has 0 aliphatic heterocycles. The van der Waals surface area contributed by atoms with Gasteiger partial charge >= 0.3 is 0 Å². The number of hydrogen-bond donors (Lipinski definition) is 2. The number of aliphatic hydroxyl groups excluding tert-OH is 1. The first-order chi connectivity index (χ1) is 13.8. The van der Waals surface area contributed by atoms with Gasteiger partial charge in [-0.3, -0.25) is 0 Å². The molecular weight excluding hydrogens is 384 g/mol. The van der Waals surface area contributed by atoms with E-state index in [1.807, 2.05) is 42.5 Å². The summed E-state index contributed by atoms with van der Waals surface area (Å²) in [6.45, 7) is 2.23. The van der Waals surface area contributed by atoms with Crippen molar-refractivity contribution in [1.82, 2.24) is 4.57 Å². The molecule has 0 radical (unpaired) electrons. The highest BCUT2D eigenvalue weighted by atomic mass is 32.2. The predicted molar refractivity (Wildman–Crippen MR) is 117 cm³/mol. The standard InChI is InChI=1S/C23H28N2O3S/c1-17-21(22(24)10-6-7-15-26)16-23(25(17)19-8-4-3-5-9-19)18-11-13-20(14-12-18)29(2,27)28/h3-5,8-9,11-14,16,22,26H,6-7,10,15,24H2,1-2H3/t22-/m1/s1. The number of benzene rings is 2. The van der Waals surface area contributed by atoms with Gasteiger partial charge in [-0.1, -0.05) is 30.3 Å². The van der Waals surface area contributed by atoms with Gasteiger partial charge in [-0.15, -0.1) is 0 Å². The number of nitrogens with two attached hydrogens (primary N) is 1. The molecule has 1 heterocycles. The second kappa shape index (κ2) is 8.95. The van der Waals surface area contributed by atoms with Crippen LogP contribution in [0.25, 0.3) is 16.9 Å². The lowest BCUT2D eigenvalue weighted by Crippen LogP contribution is -2.11. The maximum absolute atomic E-state index is 11.8. The van der Waals surface area contributed by atoms with Crippen molar-refractivity contribution in [2.24, 2.45) is 5.73 Å². The molecule has 1 atom stereocenters. The summed E-state index contributed by atoms with van der Waals surface area (Å²) in [5.74, 6) is 0. The van der Waals surface area contributed by atoms with Crippen molar-refractivity contribution < 1.29 is 13.5 Å². The average Bonchev–Trinajstić information content (AvgIpc) is 3.05. The number of para-hydroxylation sites is 1. The van der Waals surface area contributed by atoms with Crippen LogP contribution in [-0.4, -0.2) is 31.0 Å². The Bertz CT molecular complexity index is 1060. The zero-order valence-electron chi connectivity index (χ0n) is 16.9. The molecule has 3 rings (SSSR count). The van der Waals surface area contributed by atoms with Crippen LogP contribution in [0.5, 0.6) is 0 Å². The van der Waals surface area contributed by atoms with Crippen LogP contribution < -0.4 is 5.73 Å². The van der Waals surface area contributed by atoms with Crippen molar-refractivity contribution in [3.05, 3.63) is 71.9 Å². The topological polar surface area (TPSA) is 85.3 Å². The summed E-state index contributed by atoms with van der Waals surface area (Å²) in [6, 6.07) is 19.0. The van der Waals surface area contributed by atoms with Crippen LogP contribution in [0.15, 0.2) is 65.6 Å². The van der Waals surface area contributed by atoms with Gasteiger partial charge < -0.3 is 15.4 Å². The molecule has 0 unspecified atom stereocenters. The molecule has 6 heteroatoms. The van der Waals surface area contributed by atoms with Gasteiger partial charge in [0.1, 0.15) is 0 Å². The SMILES string of the molecule is Cc1c([C@H](N)CCCCO)cc(-c2ccc(S(C)(=O)=O)cc2)n1-c1ccccc1. The fourth-order valence-corrected chi connectivity index (χ4v) is 4.26. The van der Waals surface area contributed by atoms with Crippen LogP contribution in [0, 0.1) is 6.92 Å². The Morgan fingerprint density at radius 3 is 2.28 bits per heavy atom. The van der Waals surface area contributed by atoms with E-state index >= 15 is 0 Å². The fourth-order valence-electron chi connectivity index (χ4n) is 3.63. The van der Waals surface area contributed by atoms with Gasteiger partial charge in [-0.25, -0.2) is 8.42 Å². The molecule has 0 aliphatic carbocycles. The summed E-state index contributed by atoms with van der Waals surface area (Å²) in [6.07, 6.45) is 3.62. The van der Waals surface area contributed by atoms with Crippen molar-refractivity contribution in [2.45, 2.75) is 37.1 Å². The van der Waals surface area contributed by atoms with E-state index in [0.717, 1.165) is 47.5 Å². The Kier molecular flexibility index (Phi) is 6.57. The van der Waals surface area contributed by atoms with Crippen molar-refractivity contribution in [3.63, 3.8) is 0 Å². The maximum atomic E-state index is 11.8. The highest BCUT2D eigenvalue weighted by molar-refractivity contribution is 7.90. The molecule has 1 aromatic heterocycles. The molecule has 0 aliphatic rings. The van der Waals surface area contributed by atoms with E-state index in [4.69, 9.17) is 10.8 Å². The van der Waals surface area contributed by atoms with Crippen LogP contribution >= 0.6 is 0 Å². The lowest BCUT2D eigenvalue weighted by Gasteiger charge is -2.14. The molecule has 0 saturated heterocycles. The van der Waals surface area contributed by atoms with Gasteiger partial charge in [0.05, 0.1) is 10.6 Å². The number of nitrogens with zero attached hydrogens (tertiary/aromatic N) is 1. The fraction of sp³-hybridized carbons (Fsp3) is 0.304. The Morgan fingerprint density at radius 1 is 1.03 bits per heavy atom. The van der Waals surface area contributed by atoms with E-state index in [9.17, 15) is 8.42 Å². The second-order valence-electron chi connectivity index (χ2n) is 7.36. The van der Waals surface area contributed by atoms with Gasteiger partial charge in [0.25, 0.3) is 0 Å². The Morgan fingerprint density at radius 2 is 1.69 bits per heavy atom. The van der Waals surface area contributed by atoms with E-state index in [2.05, 4.69) is 17.6 Å². The maximum Gasteiger partial charge on any atom is 0.175 e. The van der Waals surface area contributed by atoms with Crippen LogP contribution in [0.1, 0.15) is 36.6 Å². The van der Waals surface area contributed by atoms with Crippen molar-refractivity contribution in [3.8, 4) is 16.9 Å². The highest BCUT2D eigenvalue weighted by Gasteiger charge is 2.19. The molecule has 0 fully saturated rings. The zero-order chi connectivity index (χ0) is 21.0. The molecule has 154 valence electrons. The lowest BCUT2D eigenvalue weighted by molar-refractivity contribution is 0.281. The van der Waals surface area contributed by atoms with Crippen molar-refractivity contribution in [2.75, 3.05) is 12.9 Å². The molecule has 29 heavy (non-hydrogen) atoms. The van der Waals surface area contributed by atoms with Crippen molar-refractivity contribution in [1.29, 1.82) is 0 Å². The molecule has 3 aromatic rings. The summed E-state index contributed by atoms with van der Waals surface area (Å²) in [7, 11) is -3.24. The number of aromatic nitrogens is 1. The van der Waals surface area contributed by atoms with Crippen LogP contribution in [0.4, 0.5) is 0 Å². The third-order valence-corrected chi connectivity index (χ3v) is 6.33. The van der Waals surface area contributed by atoms with Crippen molar-refractivity contribution >= 4 is 9.84 Å². The molecule has 0 amide bonds. The minimum Gasteiger partial charge on any atom is -0.396 e. The van der Waals surface area contributed by atoms with E-state index in [1.165, 1.54) is 6.26 Å². The Labute approximate surface area is 172 Å². The van der Waals surface area contributed by atoms with Crippen LogP contribution in [-0.2, 0) is 9.84 Å². The largest absolute Gasteiger partial charge is 0.396 e. The summed E-state index contributed by atoms with van der Waals surface area (Å²) in [5.41, 5.74) is 11.5. The van der Waals surface area contributed by atoms with E-state index in [-0.39, 0.29) is 12.6 Å². The molecule has 0 bridgehead atoms. The normalized spacial score (nSPS) is 12.8. The lowest BCUT2D eigenvalue weighted by atomic mass is 10.0. The number of rotatable bonds is 8. The summed E-state index contributed by atoms with van der Waals surface area (Å²) in [5, 5.41) is 9.04. The summed E-state index contributed by atoms with van der Waals surface area (Å²) < 4.78 is 25.8. The number of hydrogen-bond acceptors (Lipinski definition) is 4. The van der Waals surface area contributed by atoms with Gasteiger partial charge in [-0.05, 0) is 67.6 Å². The average molecular weight is 413 g/mol. The quantitative estimate of drug-likeness (QED) is 0.547. The third kappa shape index (κ3) is 4.78. The first-order valence-electron chi connectivity index (χ1n) is 9.77. The monoisotopic (exact) mass is 412 g/mol. The Balaban J connectivity index is 2.08. The zero-order valence-corrected chi connectivity index (χ0v) is 17.7. The molecule has 3 N–H and O–H groups in total. The van der Waals surface area contributed by atoms with E-state index < -0.39 is 9.84 Å². The van der Waals surface area contributed by atoms with Gasteiger partial charge in [0.15, 0.2) is 9.84 Å². The van der Waals surface area contributed by atoms with E-state index in [1.54, 1.807) is 12.1 Å². The predicted octanol–water partition coefficient (Wildman–Crippen LogP) is 4.02. The molecule has 0 spiro atoms. The molecule has 0 saturated carbocycles. The Hall–Kier alpha value is -2.41. The summed E-state index contributed by atoms with van der Waals surface area (Å²) >= 11 is 0. The van der Waals surface area contributed by atoms with Gasteiger partial charge in [-0.2, -0.15) is 0 Å². The minimum atomic E-state index is -3.24. The first kappa shape index (κ1) is 21.3. The van der Waals surface area contributed by atoms with E-state index in [0.29, 0.717) is 4.90 Å². The second-order valence-corrected chi connectivity index (χ2v) is 9.38. The van der Waals surface area contributed by atoms with Gasteiger partial charge in [0.2, 0.25) is 0 Å². The number of unbranched alkanes of at least 4 members (excludes halogenated alkanes) is 1. The number of aliphatic hydroxyl groups is 1. The molecular formula is C23H28N2O3S. The molecule has 5 nitrogen and oxygen atoms in total. The highest BCUT2D eigenvalue weighted by Crippen LogP contribution is 2.33. The summed E-state index contributed by atoms with van der Waals surface area (Å²) in [4.78, 5) is 0.303. The van der Waals surface area contributed by atoms with Crippen LogP contribution in [0.3, 0.4) is 0 Å². The number of sulfone groups is 1. The van der Waals surface area contributed by atoms with Crippen LogP contribution in [0.2, 0.25) is 0 Å². The van der Waals surface area contributed by atoms with Gasteiger partial charge in [0, 0.05) is 30.3 Å². The minimum absolute atomic E-state index is 0.124. The first-order valence-corrected chi connectivity index (χ1v) is 11.7.